The van der Waals surface area contributed by atoms with E-state index < -0.39 is 10.0 Å². The first-order valence-corrected chi connectivity index (χ1v) is 7.67. The number of sulfonamides is 1. The van der Waals surface area contributed by atoms with E-state index in [-0.39, 0.29) is 11.0 Å². The summed E-state index contributed by atoms with van der Waals surface area (Å²) in [6.07, 6.45) is 1.35. The molecule has 2 rings (SSSR count). The summed E-state index contributed by atoms with van der Waals surface area (Å²) in [6.45, 7) is 2.38. The van der Waals surface area contributed by atoms with E-state index in [4.69, 9.17) is 10.9 Å². The number of hydrogen-bond donors (Lipinski definition) is 4. The van der Waals surface area contributed by atoms with Gasteiger partial charge < -0.3 is 16.2 Å². The highest BCUT2D eigenvalue weighted by atomic mass is 32.2. The summed E-state index contributed by atoms with van der Waals surface area (Å²) in [5.41, 5.74) is 7.29. The molecule has 0 atom stereocenters. The predicted octanol–water partition coefficient (Wildman–Crippen LogP) is 0.407. The van der Waals surface area contributed by atoms with Gasteiger partial charge in [-0.15, -0.1) is 0 Å². The minimum absolute atomic E-state index is 0.0450. The molecule has 0 aromatic heterocycles. The molecule has 1 aromatic rings. The molecule has 0 spiro atoms. The molecule has 0 saturated heterocycles. The number of nitrogens with two attached hydrogens (primary N) is 2. The summed E-state index contributed by atoms with van der Waals surface area (Å²) in [6, 6.07) is 3.06. The van der Waals surface area contributed by atoms with Crippen molar-refractivity contribution in [2.24, 2.45) is 11.1 Å². The number of primary sulfonamides is 1. The van der Waals surface area contributed by atoms with E-state index in [1.807, 2.05) is 0 Å². The van der Waals surface area contributed by atoms with Crippen LogP contribution in [0.1, 0.15) is 18.4 Å². The lowest BCUT2D eigenvalue weighted by atomic mass is 9.82. The molecule has 1 fully saturated rings. The lowest BCUT2D eigenvalue weighted by molar-refractivity contribution is 0.0487. The van der Waals surface area contributed by atoms with Crippen molar-refractivity contribution in [2.45, 2.75) is 30.8 Å². The fourth-order valence-electron chi connectivity index (χ4n) is 2.31. The van der Waals surface area contributed by atoms with Gasteiger partial charge in [-0.3, -0.25) is 0 Å². The molecule has 0 unspecified atom stereocenters. The van der Waals surface area contributed by atoms with Crippen LogP contribution in [0.25, 0.3) is 0 Å². The summed E-state index contributed by atoms with van der Waals surface area (Å²) >= 11 is 0. The van der Waals surface area contributed by atoms with Crippen molar-refractivity contribution in [3.05, 3.63) is 17.7 Å². The zero-order valence-electron chi connectivity index (χ0n) is 10.8. The number of aliphatic hydroxyl groups excluding tert-OH is 1. The standard InChI is InChI=1S/C12H19N3O3S/c1-7-11(15-6-8-2-10(16)3-8)4-9(13)5-12(7)19(14,17)18/h4-5,8,10,15-16H,2-3,6,13H2,1H3,(H2,14,17,18). The molecule has 0 bridgehead atoms. The summed E-state index contributed by atoms with van der Waals surface area (Å²) in [7, 11) is -3.78. The lowest BCUT2D eigenvalue weighted by Gasteiger charge is -2.32. The third-order valence-corrected chi connectivity index (χ3v) is 4.52. The molecule has 19 heavy (non-hydrogen) atoms. The maximum absolute atomic E-state index is 11.5. The fraction of sp³-hybridized carbons (Fsp3) is 0.500. The Morgan fingerprint density at radius 2 is 2.05 bits per heavy atom. The van der Waals surface area contributed by atoms with E-state index in [1.54, 1.807) is 13.0 Å². The van der Waals surface area contributed by atoms with Crippen LogP contribution < -0.4 is 16.2 Å². The van der Waals surface area contributed by atoms with Gasteiger partial charge in [0.15, 0.2) is 0 Å². The molecular formula is C12H19N3O3S. The Labute approximate surface area is 112 Å². The van der Waals surface area contributed by atoms with Crippen LogP contribution in [0.3, 0.4) is 0 Å². The summed E-state index contributed by atoms with van der Waals surface area (Å²) in [5.74, 6) is 0.411. The SMILES string of the molecule is Cc1c(NCC2CC(O)C2)cc(N)cc1S(N)(=O)=O. The minimum atomic E-state index is -3.78. The Kier molecular flexibility index (Phi) is 3.71. The number of benzene rings is 1. The molecule has 1 saturated carbocycles. The second-order valence-corrected chi connectivity index (χ2v) is 6.64. The lowest BCUT2D eigenvalue weighted by Crippen LogP contribution is -2.33. The van der Waals surface area contributed by atoms with Gasteiger partial charge >= 0.3 is 0 Å². The van der Waals surface area contributed by atoms with Gasteiger partial charge in [0.05, 0.1) is 11.0 Å². The van der Waals surface area contributed by atoms with Crippen molar-refractivity contribution in [3.8, 4) is 0 Å². The topological polar surface area (TPSA) is 118 Å². The van der Waals surface area contributed by atoms with Crippen molar-refractivity contribution in [1.82, 2.24) is 0 Å². The van der Waals surface area contributed by atoms with Crippen LogP contribution in [0.5, 0.6) is 0 Å². The smallest absolute Gasteiger partial charge is 0.238 e. The van der Waals surface area contributed by atoms with E-state index in [2.05, 4.69) is 5.32 Å². The maximum Gasteiger partial charge on any atom is 0.238 e. The molecular weight excluding hydrogens is 266 g/mol. The highest BCUT2D eigenvalue weighted by molar-refractivity contribution is 7.89. The number of hydrogen-bond acceptors (Lipinski definition) is 5. The van der Waals surface area contributed by atoms with E-state index in [0.29, 0.717) is 29.4 Å². The second kappa shape index (κ2) is 4.99. The molecule has 7 heteroatoms. The van der Waals surface area contributed by atoms with Gasteiger partial charge in [-0.1, -0.05) is 0 Å². The molecule has 0 amide bonds. The van der Waals surface area contributed by atoms with Crippen LogP contribution in [0.4, 0.5) is 11.4 Å². The van der Waals surface area contributed by atoms with Crippen LogP contribution in [-0.4, -0.2) is 26.2 Å². The molecule has 1 aliphatic carbocycles. The zero-order chi connectivity index (χ0) is 14.2. The first kappa shape index (κ1) is 14.1. The van der Waals surface area contributed by atoms with E-state index >= 15 is 0 Å². The Morgan fingerprint density at radius 3 is 2.58 bits per heavy atom. The maximum atomic E-state index is 11.5. The van der Waals surface area contributed by atoms with Crippen molar-refractivity contribution >= 4 is 21.4 Å². The molecule has 6 N–H and O–H groups in total. The Bertz CT molecular complexity index is 580. The molecule has 1 aromatic carbocycles. The number of nitrogen functional groups attached to an aromatic ring is 1. The highest BCUT2D eigenvalue weighted by Gasteiger charge is 2.27. The first-order valence-electron chi connectivity index (χ1n) is 6.12. The molecule has 106 valence electrons. The van der Waals surface area contributed by atoms with Crippen molar-refractivity contribution < 1.29 is 13.5 Å². The first-order chi connectivity index (χ1) is 8.77. The average Bonchev–Trinajstić information content (AvgIpc) is 2.25. The number of aliphatic hydroxyl groups is 1. The Balaban J connectivity index is 2.18. The van der Waals surface area contributed by atoms with Gasteiger partial charge in [-0.2, -0.15) is 0 Å². The van der Waals surface area contributed by atoms with Crippen LogP contribution >= 0.6 is 0 Å². The molecule has 6 nitrogen and oxygen atoms in total. The molecule has 1 aliphatic rings. The monoisotopic (exact) mass is 285 g/mol. The van der Waals surface area contributed by atoms with Gasteiger partial charge in [-0.05, 0) is 43.4 Å². The van der Waals surface area contributed by atoms with Gasteiger partial charge in [0.25, 0.3) is 0 Å². The van der Waals surface area contributed by atoms with Crippen molar-refractivity contribution in [3.63, 3.8) is 0 Å². The van der Waals surface area contributed by atoms with E-state index in [9.17, 15) is 13.5 Å². The minimum Gasteiger partial charge on any atom is -0.399 e. The zero-order valence-corrected chi connectivity index (χ0v) is 11.6. The van der Waals surface area contributed by atoms with E-state index in [1.165, 1.54) is 6.07 Å². The third kappa shape index (κ3) is 3.17. The summed E-state index contributed by atoms with van der Waals surface area (Å²) in [5, 5.41) is 17.6. The normalized spacial score (nSPS) is 22.9. The van der Waals surface area contributed by atoms with Crippen LogP contribution in [0.15, 0.2) is 17.0 Å². The van der Waals surface area contributed by atoms with Gasteiger partial charge in [0.2, 0.25) is 10.0 Å². The largest absolute Gasteiger partial charge is 0.399 e. The predicted molar refractivity (Wildman–Crippen MR) is 74.2 cm³/mol. The van der Waals surface area contributed by atoms with Crippen molar-refractivity contribution in [2.75, 3.05) is 17.6 Å². The highest BCUT2D eigenvalue weighted by Crippen LogP contribution is 2.30. The quantitative estimate of drug-likeness (QED) is 0.597. The molecule has 0 heterocycles. The summed E-state index contributed by atoms with van der Waals surface area (Å²) < 4.78 is 22.9. The Morgan fingerprint density at radius 1 is 1.42 bits per heavy atom. The fourth-order valence-corrected chi connectivity index (χ4v) is 3.15. The third-order valence-electron chi connectivity index (χ3n) is 3.48. The number of nitrogens with one attached hydrogen (secondary N) is 1. The molecule has 0 aliphatic heterocycles. The van der Waals surface area contributed by atoms with Gasteiger partial charge in [0.1, 0.15) is 0 Å². The number of rotatable bonds is 4. The van der Waals surface area contributed by atoms with Crippen LogP contribution in [-0.2, 0) is 10.0 Å². The van der Waals surface area contributed by atoms with Crippen LogP contribution in [0, 0.1) is 12.8 Å². The average molecular weight is 285 g/mol. The van der Waals surface area contributed by atoms with Crippen LogP contribution in [0.2, 0.25) is 0 Å². The van der Waals surface area contributed by atoms with E-state index in [0.717, 1.165) is 12.8 Å². The van der Waals surface area contributed by atoms with Gasteiger partial charge in [-0.25, -0.2) is 13.6 Å². The second-order valence-electron chi connectivity index (χ2n) is 5.11. The molecule has 0 radical (unpaired) electrons. The Hall–Kier alpha value is -1.31. The summed E-state index contributed by atoms with van der Waals surface area (Å²) in [4.78, 5) is 0.0450. The number of anilines is 2. The van der Waals surface area contributed by atoms with Crippen molar-refractivity contribution in [1.29, 1.82) is 0 Å². The van der Waals surface area contributed by atoms with Gasteiger partial charge in [0, 0.05) is 17.9 Å².